The molecule has 2 aromatic heterocycles. The van der Waals surface area contributed by atoms with Crippen LogP contribution in [0.5, 0.6) is 0 Å². The van der Waals surface area contributed by atoms with E-state index < -0.39 is 6.43 Å². The molecular formula is C14H15F2N5. The molecule has 21 heavy (non-hydrogen) atoms. The van der Waals surface area contributed by atoms with Crippen LogP contribution in [0.2, 0.25) is 0 Å². The molecule has 0 bridgehead atoms. The van der Waals surface area contributed by atoms with Gasteiger partial charge >= 0.3 is 0 Å². The first-order valence-electron chi connectivity index (χ1n) is 6.74. The van der Waals surface area contributed by atoms with Gasteiger partial charge in [0.05, 0.1) is 0 Å². The molecule has 0 unspecified atom stereocenters. The number of alkyl halides is 2. The second kappa shape index (κ2) is 5.99. The molecule has 3 heterocycles. The zero-order valence-corrected chi connectivity index (χ0v) is 11.4. The average Bonchev–Trinajstić information content (AvgIpc) is 2.56. The van der Waals surface area contributed by atoms with Gasteiger partial charge in [0.1, 0.15) is 17.8 Å². The van der Waals surface area contributed by atoms with E-state index in [1.54, 1.807) is 12.4 Å². The Bertz CT molecular complexity index is 585. The normalized spacial score (nSPS) is 15.6. The zero-order valence-electron chi connectivity index (χ0n) is 11.4. The van der Waals surface area contributed by atoms with E-state index in [1.807, 2.05) is 17.0 Å². The van der Waals surface area contributed by atoms with Gasteiger partial charge in [-0.2, -0.15) is 0 Å². The van der Waals surface area contributed by atoms with Gasteiger partial charge in [-0.25, -0.2) is 18.7 Å². The maximum absolute atomic E-state index is 12.7. The second-order valence-corrected chi connectivity index (χ2v) is 4.78. The minimum atomic E-state index is -2.56. The number of pyridine rings is 1. The Hall–Kier alpha value is -2.31. The largest absolute Gasteiger partial charge is 0.368 e. The Morgan fingerprint density at radius 2 is 1.62 bits per heavy atom. The highest BCUT2D eigenvalue weighted by Gasteiger charge is 2.19. The third-order valence-electron chi connectivity index (χ3n) is 3.53. The third-order valence-corrected chi connectivity index (χ3v) is 3.53. The van der Waals surface area contributed by atoms with Crippen LogP contribution >= 0.6 is 0 Å². The summed E-state index contributed by atoms with van der Waals surface area (Å²) in [6.45, 7) is 3.11. The molecule has 0 saturated carbocycles. The van der Waals surface area contributed by atoms with E-state index in [4.69, 9.17) is 0 Å². The predicted molar refractivity (Wildman–Crippen MR) is 75.7 cm³/mol. The van der Waals surface area contributed by atoms with Gasteiger partial charge in [-0.05, 0) is 12.1 Å². The van der Waals surface area contributed by atoms with E-state index in [0.29, 0.717) is 5.82 Å². The van der Waals surface area contributed by atoms with Gasteiger partial charge in [0.25, 0.3) is 6.43 Å². The summed E-state index contributed by atoms with van der Waals surface area (Å²) in [5, 5.41) is 0. The molecule has 1 aliphatic heterocycles. The summed E-state index contributed by atoms with van der Waals surface area (Å²) in [6.07, 6.45) is 2.17. The van der Waals surface area contributed by atoms with Gasteiger partial charge in [0.2, 0.25) is 0 Å². The van der Waals surface area contributed by atoms with Crippen molar-refractivity contribution in [1.29, 1.82) is 0 Å². The minimum Gasteiger partial charge on any atom is -0.368 e. The monoisotopic (exact) mass is 291 g/mol. The first-order chi connectivity index (χ1) is 10.2. The van der Waals surface area contributed by atoms with Crippen molar-refractivity contribution in [1.82, 2.24) is 15.0 Å². The number of rotatable bonds is 3. The maximum Gasteiger partial charge on any atom is 0.280 e. The number of anilines is 2. The molecular weight excluding hydrogens is 276 g/mol. The summed E-state index contributed by atoms with van der Waals surface area (Å²) in [6, 6.07) is 5.30. The van der Waals surface area contributed by atoms with Gasteiger partial charge in [-0.1, -0.05) is 0 Å². The van der Waals surface area contributed by atoms with Crippen molar-refractivity contribution in [3.63, 3.8) is 0 Å². The van der Waals surface area contributed by atoms with Crippen molar-refractivity contribution >= 4 is 11.5 Å². The molecule has 0 aromatic carbocycles. The highest BCUT2D eigenvalue weighted by molar-refractivity contribution is 5.48. The summed E-state index contributed by atoms with van der Waals surface area (Å²) >= 11 is 0. The van der Waals surface area contributed by atoms with E-state index in [0.717, 1.165) is 31.9 Å². The summed E-state index contributed by atoms with van der Waals surface area (Å²) in [4.78, 5) is 15.9. The Morgan fingerprint density at radius 3 is 2.29 bits per heavy atom. The molecule has 1 fully saturated rings. The molecule has 0 amide bonds. The molecule has 0 radical (unpaired) electrons. The van der Waals surface area contributed by atoms with Crippen molar-refractivity contribution in [3.05, 3.63) is 42.6 Å². The van der Waals surface area contributed by atoms with Crippen LogP contribution in [0, 0.1) is 0 Å². The number of hydrogen-bond donors (Lipinski definition) is 0. The molecule has 1 aliphatic rings. The van der Waals surface area contributed by atoms with Crippen molar-refractivity contribution in [3.8, 4) is 0 Å². The van der Waals surface area contributed by atoms with Crippen molar-refractivity contribution in [2.24, 2.45) is 0 Å². The highest BCUT2D eigenvalue weighted by atomic mass is 19.3. The fraction of sp³-hybridized carbons (Fsp3) is 0.357. The van der Waals surface area contributed by atoms with Crippen LogP contribution < -0.4 is 9.80 Å². The van der Waals surface area contributed by atoms with Crippen LogP contribution in [0.25, 0.3) is 0 Å². The second-order valence-electron chi connectivity index (χ2n) is 4.78. The fourth-order valence-electron chi connectivity index (χ4n) is 2.40. The standard InChI is InChI=1S/C14H15F2N5/c15-14(16)12-9-13(19-10-18-12)21-7-5-20(6-8-21)11-1-3-17-4-2-11/h1-4,9-10,14H,5-8H2. The SMILES string of the molecule is FC(F)c1cc(N2CCN(c3ccncc3)CC2)ncn1. The maximum atomic E-state index is 12.7. The molecule has 0 aliphatic carbocycles. The topological polar surface area (TPSA) is 45.2 Å². The predicted octanol–water partition coefficient (Wildman–Crippen LogP) is 2.14. The first-order valence-corrected chi connectivity index (χ1v) is 6.74. The number of piperazine rings is 1. The van der Waals surface area contributed by atoms with Gasteiger partial charge in [0, 0.05) is 50.3 Å². The lowest BCUT2D eigenvalue weighted by molar-refractivity contribution is 0.146. The summed E-state index contributed by atoms with van der Waals surface area (Å²) in [5.41, 5.74) is 0.900. The third kappa shape index (κ3) is 3.07. The van der Waals surface area contributed by atoms with Gasteiger partial charge in [-0.3, -0.25) is 4.98 Å². The lowest BCUT2D eigenvalue weighted by Crippen LogP contribution is -2.46. The molecule has 5 nitrogen and oxygen atoms in total. The van der Waals surface area contributed by atoms with E-state index in [9.17, 15) is 8.78 Å². The van der Waals surface area contributed by atoms with E-state index >= 15 is 0 Å². The van der Waals surface area contributed by atoms with Crippen LogP contribution in [-0.2, 0) is 0 Å². The molecule has 2 aromatic rings. The summed E-state index contributed by atoms with van der Waals surface area (Å²) < 4.78 is 25.3. The molecule has 7 heteroatoms. The minimum absolute atomic E-state index is 0.225. The molecule has 0 spiro atoms. The lowest BCUT2D eigenvalue weighted by Gasteiger charge is -2.36. The first kappa shape index (κ1) is 13.7. The lowest BCUT2D eigenvalue weighted by atomic mass is 10.2. The summed E-state index contributed by atoms with van der Waals surface area (Å²) in [5.74, 6) is 0.565. The number of halogens is 2. The average molecular weight is 291 g/mol. The van der Waals surface area contributed by atoms with Crippen LogP contribution in [0.3, 0.4) is 0 Å². The zero-order chi connectivity index (χ0) is 14.7. The van der Waals surface area contributed by atoms with E-state index in [2.05, 4.69) is 19.9 Å². The van der Waals surface area contributed by atoms with Crippen molar-refractivity contribution in [2.75, 3.05) is 36.0 Å². The Labute approximate surface area is 121 Å². The van der Waals surface area contributed by atoms with Gasteiger partial charge in [0.15, 0.2) is 0 Å². The molecule has 0 N–H and O–H groups in total. The Kier molecular flexibility index (Phi) is 3.89. The quantitative estimate of drug-likeness (QED) is 0.867. The molecule has 3 rings (SSSR count). The molecule has 110 valence electrons. The van der Waals surface area contributed by atoms with Gasteiger partial charge < -0.3 is 9.80 Å². The smallest absolute Gasteiger partial charge is 0.280 e. The Morgan fingerprint density at radius 1 is 0.952 bits per heavy atom. The van der Waals surface area contributed by atoms with Crippen LogP contribution in [0.15, 0.2) is 36.9 Å². The van der Waals surface area contributed by atoms with Crippen LogP contribution in [0.4, 0.5) is 20.3 Å². The number of hydrogen-bond acceptors (Lipinski definition) is 5. The van der Waals surface area contributed by atoms with Crippen LogP contribution in [-0.4, -0.2) is 41.1 Å². The molecule has 1 saturated heterocycles. The van der Waals surface area contributed by atoms with Crippen LogP contribution in [0.1, 0.15) is 12.1 Å². The van der Waals surface area contributed by atoms with Gasteiger partial charge in [-0.15, -0.1) is 0 Å². The van der Waals surface area contributed by atoms with Crippen molar-refractivity contribution < 1.29 is 8.78 Å². The fourth-order valence-corrected chi connectivity index (χ4v) is 2.40. The van der Waals surface area contributed by atoms with Crippen molar-refractivity contribution in [2.45, 2.75) is 6.43 Å². The molecule has 0 atom stereocenters. The van der Waals surface area contributed by atoms with E-state index in [1.165, 1.54) is 12.4 Å². The summed E-state index contributed by atoms with van der Waals surface area (Å²) in [7, 11) is 0. The number of nitrogens with zero attached hydrogens (tertiary/aromatic N) is 5. The Balaban J connectivity index is 1.67. The van der Waals surface area contributed by atoms with E-state index in [-0.39, 0.29) is 5.69 Å². The highest BCUT2D eigenvalue weighted by Crippen LogP contribution is 2.22. The number of aromatic nitrogens is 3.